The first kappa shape index (κ1) is 27.0. The van der Waals surface area contributed by atoms with E-state index in [-0.39, 0.29) is 17.6 Å². The molecule has 0 aliphatic heterocycles. The second-order valence-electron chi connectivity index (χ2n) is 9.10. The van der Waals surface area contributed by atoms with E-state index in [9.17, 15) is 10.4 Å². The number of nitrogen functional groups attached to an aromatic ring is 1. The molecule has 2 aromatic heterocycles. The molecule has 10 heteroatoms. The van der Waals surface area contributed by atoms with E-state index in [4.69, 9.17) is 33.6 Å². The van der Waals surface area contributed by atoms with Gasteiger partial charge in [-0.2, -0.15) is 5.26 Å². The smallest absolute Gasteiger partial charge is 0.236 e. The Bertz CT molecular complexity index is 1560. The van der Waals surface area contributed by atoms with Crippen molar-refractivity contribution >= 4 is 46.2 Å². The predicted octanol–water partition coefficient (Wildman–Crippen LogP) is 7.50. The van der Waals surface area contributed by atoms with Crippen LogP contribution in [-0.4, -0.2) is 27.3 Å². The van der Waals surface area contributed by atoms with Gasteiger partial charge in [-0.1, -0.05) is 54.0 Å². The van der Waals surface area contributed by atoms with Gasteiger partial charge in [0.05, 0.1) is 23.9 Å². The van der Waals surface area contributed by atoms with E-state index in [0.29, 0.717) is 38.2 Å². The van der Waals surface area contributed by atoms with Crippen molar-refractivity contribution < 1.29 is 9.84 Å². The molecule has 0 unspecified atom stereocenters. The van der Waals surface area contributed by atoms with Gasteiger partial charge >= 0.3 is 0 Å². The number of aromatic nitrogens is 2. The van der Waals surface area contributed by atoms with Crippen LogP contribution in [0.5, 0.6) is 5.75 Å². The van der Waals surface area contributed by atoms with E-state index in [1.54, 1.807) is 12.1 Å². The van der Waals surface area contributed by atoms with Gasteiger partial charge in [0.1, 0.15) is 33.8 Å². The molecule has 0 spiro atoms. The molecule has 196 valence electrons. The Hall–Kier alpha value is -3.60. The molecule has 0 radical (unpaired) electrons. The molecule has 1 saturated carbocycles. The number of benzene rings is 2. The molecule has 5 rings (SSSR count). The van der Waals surface area contributed by atoms with Crippen LogP contribution in [0.4, 0.5) is 11.5 Å². The second-order valence-corrected chi connectivity index (χ2v) is 11.4. The third-order valence-electron chi connectivity index (χ3n) is 6.49. The van der Waals surface area contributed by atoms with Gasteiger partial charge < -0.3 is 15.6 Å². The molecule has 1 aliphatic carbocycles. The summed E-state index contributed by atoms with van der Waals surface area (Å²) in [5, 5.41) is 24.3. The van der Waals surface area contributed by atoms with E-state index >= 15 is 0 Å². The highest BCUT2D eigenvalue weighted by molar-refractivity contribution is 7.98. The van der Waals surface area contributed by atoms with Gasteiger partial charge in [0, 0.05) is 27.3 Å². The maximum atomic E-state index is 10.2. The van der Waals surface area contributed by atoms with E-state index in [1.807, 2.05) is 41.8 Å². The number of aliphatic hydroxyl groups is 1. The number of hydrogen-bond acceptors (Lipinski definition) is 8. The molecule has 7 nitrogen and oxygen atoms in total. The Labute approximate surface area is 240 Å². The van der Waals surface area contributed by atoms with Crippen molar-refractivity contribution in [1.29, 1.82) is 5.26 Å². The summed E-state index contributed by atoms with van der Waals surface area (Å²) in [5.74, 6) is 1.19. The van der Waals surface area contributed by atoms with E-state index in [0.717, 1.165) is 41.9 Å². The van der Waals surface area contributed by atoms with Crippen LogP contribution < -0.4 is 10.5 Å². The molecule has 1 fully saturated rings. The molecule has 2 heterocycles. The predicted molar refractivity (Wildman–Crippen MR) is 156 cm³/mol. The Morgan fingerprint density at radius 3 is 2.54 bits per heavy atom. The Morgan fingerprint density at radius 2 is 1.85 bits per heavy atom. The highest BCUT2D eigenvalue weighted by Gasteiger charge is 2.25. The lowest BCUT2D eigenvalue weighted by Gasteiger charge is -2.28. The zero-order valence-electron chi connectivity index (χ0n) is 20.8. The van der Waals surface area contributed by atoms with E-state index in [2.05, 4.69) is 15.9 Å². The first-order valence-electron chi connectivity index (χ1n) is 12.4. The number of anilines is 1. The molecule has 4 aromatic rings. The molecule has 0 amide bonds. The fourth-order valence-electron chi connectivity index (χ4n) is 4.50. The van der Waals surface area contributed by atoms with Crippen molar-refractivity contribution in [1.82, 2.24) is 9.97 Å². The first-order chi connectivity index (χ1) is 19.0. The summed E-state index contributed by atoms with van der Waals surface area (Å²) < 4.78 is 6.02. The van der Waals surface area contributed by atoms with Gasteiger partial charge in [-0.15, -0.1) is 11.3 Å². The second kappa shape index (κ2) is 12.1. The summed E-state index contributed by atoms with van der Waals surface area (Å²) in [6, 6.07) is 17.0. The van der Waals surface area contributed by atoms with Gasteiger partial charge in [-0.05, 0) is 49.1 Å². The van der Waals surface area contributed by atoms with Gasteiger partial charge in [0.25, 0.3) is 0 Å². The molecule has 2 aromatic carbocycles. The maximum absolute atomic E-state index is 10.2. The number of thiazole rings is 1. The monoisotopic (exact) mass is 573 g/mol. The zero-order valence-corrected chi connectivity index (χ0v) is 23.2. The fourth-order valence-corrected chi connectivity index (χ4v) is 6.45. The highest BCUT2D eigenvalue weighted by atomic mass is 35.5. The summed E-state index contributed by atoms with van der Waals surface area (Å²) in [7, 11) is 0. The summed E-state index contributed by atoms with van der Waals surface area (Å²) in [6.45, 7) is 7.71. The molecule has 0 saturated heterocycles. The Kier molecular flexibility index (Phi) is 8.35. The number of nitrogens with two attached hydrogens (primary N) is 1. The SMILES string of the molecule is [C-]#[N+]c1c(N)nc(SCc2csc(-c3ccc(Cl)cc3)n2)c(C#N)c1-c1ccc(O[C@H]2CCCC[C@@H]2O)cc1. The van der Waals surface area contributed by atoms with Gasteiger partial charge in [0.2, 0.25) is 5.69 Å². The first-order valence-corrected chi connectivity index (χ1v) is 14.6. The molecular weight excluding hydrogens is 550 g/mol. The maximum Gasteiger partial charge on any atom is 0.236 e. The lowest BCUT2D eigenvalue weighted by Crippen LogP contribution is -2.34. The van der Waals surface area contributed by atoms with Crippen molar-refractivity contribution in [2.75, 3.05) is 5.73 Å². The van der Waals surface area contributed by atoms with Crippen LogP contribution in [-0.2, 0) is 5.75 Å². The number of pyridine rings is 1. The zero-order chi connectivity index (χ0) is 27.4. The topological polar surface area (TPSA) is 109 Å². The average molecular weight is 574 g/mol. The molecule has 3 N–H and O–H groups in total. The van der Waals surface area contributed by atoms with E-state index < -0.39 is 6.10 Å². The number of thioether (sulfide) groups is 1. The number of halogens is 1. The summed E-state index contributed by atoms with van der Waals surface area (Å²) in [5.41, 5.74) is 9.59. The number of hydrogen-bond donors (Lipinski definition) is 2. The van der Waals surface area contributed by atoms with Crippen molar-refractivity contribution in [2.24, 2.45) is 0 Å². The number of nitrogens with zero attached hydrogens (tertiary/aromatic N) is 4. The Morgan fingerprint density at radius 1 is 1.13 bits per heavy atom. The van der Waals surface area contributed by atoms with Crippen molar-refractivity contribution in [3.05, 3.63) is 81.6 Å². The van der Waals surface area contributed by atoms with Crippen molar-refractivity contribution in [3.8, 4) is 33.5 Å². The fraction of sp³-hybridized carbons (Fsp3) is 0.241. The lowest BCUT2D eigenvalue weighted by molar-refractivity contribution is 0.00688. The minimum atomic E-state index is -0.475. The van der Waals surface area contributed by atoms with Crippen LogP contribution >= 0.6 is 34.7 Å². The van der Waals surface area contributed by atoms with Crippen LogP contribution in [0.3, 0.4) is 0 Å². The summed E-state index contributed by atoms with van der Waals surface area (Å²) >= 11 is 8.89. The third-order valence-corrected chi connectivity index (χ3v) is 8.69. The molecule has 1 aliphatic rings. The van der Waals surface area contributed by atoms with Gasteiger partial charge in [0.15, 0.2) is 0 Å². The summed E-state index contributed by atoms with van der Waals surface area (Å²) in [6.07, 6.45) is 2.88. The number of nitriles is 1. The lowest BCUT2D eigenvalue weighted by atomic mass is 9.95. The minimum absolute atomic E-state index is 0.0762. The van der Waals surface area contributed by atoms with Crippen LogP contribution in [0.1, 0.15) is 36.9 Å². The molecule has 2 atom stereocenters. The van der Waals surface area contributed by atoms with Crippen molar-refractivity contribution in [3.63, 3.8) is 0 Å². The molecular formula is C29H24ClN5O2S2. The minimum Gasteiger partial charge on any atom is -0.488 e. The highest BCUT2D eigenvalue weighted by Crippen LogP contribution is 2.42. The summed E-state index contributed by atoms with van der Waals surface area (Å²) in [4.78, 5) is 12.7. The van der Waals surface area contributed by atoms with Gasteiger partial charge in [-0.3, -0.25) is 0 Å². The number of aliphatic hydroxyl groups excluding tert-OH is 1. The quantitative estimate of drug-likeness (QED) is 0.174. The largest absolute Gasteiger partial charge is 0.488 e. The normalized spacial score (nSPS) is 16.8. The molecule has 0 bridgehead atoms. The molecule has 39 heavy (non-hydrogen) atoms. The van der Waals surface area contributed by atoms with Crippen LogP contribution in [0.15, 0.2) is 58.9 Å². The van der Waals surface area contributed by atoms with Crippen LogP contribution in [0.25, 0.3) is 26.5 Å². The van der Waals surface area contributed by atoms with E-state index in [1.165, 1.54) is 23.1 Å². The third kappa shape index (κ3) is 6.03. The average Bonchev–Trinajstić information content (AvgIpc) is 3.42. The van der Waals surface area contributed by atoms with Crippen LogP contribution in [0, 0.1) is 17.9 Å². The standard InChI is InChI=1S/C29H24ClN5O2S2/c1-33-26-25(17-8-12-21(13-9-17)37-24-5-3-2-4-23(24)36)22(14-31)29(35-27(26)32)39-16-20-15-38-28(34-20)18-6-10-19(30)11-7-18/h6-13,15,23-24,36H,2-5,16H2,(H2,32,35)/t23-,24-/m0/s1. The van der Waals surface area contributed by atoms with Gasteiger partial charge in [-0.25, -0.2) is 14.8 Å². The number of rotatable bonds is 7. The Balaban J connectivity index is 1.39. The van der Waals surface area contributed by atoms with Crippen LogP contribution in [0.2, 0.25) is 5.02 Å². The van der Waals surface area contributed by atoms with Crippen molar-refractivity contribution in [2.45, 2.75) is 48.7 Å². The number of ether oxygens (including phenoxy) is 1.